The molecule has 0 rings (SSSR count). The lowest BCUT2D eigenvalue weighted by atomic mass is 9.87. The second kappa shape index (κ2) is 7.33. The molecule has 0 unspecified atom stereocenters. The maximum absolute atomic E-state index is 11.9. The molecule has 0 aromatic carbocycles. The summed E-state index contributed by atoms with van der Waals surface area (Å²) in [5.74, 6) is -1.03. The van der Waals surface area contributed by atoms with E-state index < -0.39 is 23.5 Å². The molecule has 1 atom stereocenters. The summed E-state index contributed by atoms with van der Waals surface area (Å²) in [7, 11) is 1.61. The summed E-state index contributed by atoms with van der Waals surface area (Å²) >= 11 is 0. The number of hydrogen-bond donors (Lipinski definition) is 2. The first kappa shape index (κ1) is 17.7. The Hall–Kier alpha value is -1.30. The van der Waals surface area contributed by atoms with Gasteiger partial charge < -0.3 is 20.1 Å². The summed E-state index contributed by atoms with van der Waals surface area (Å²) in [6, 6.07) is -1.33. The number of aliphatic carboxylic acids is 1. The minimum atomic E-state index is -1.03. The number of amides is 2. The van der Waals surface area contributed by atoms with E-state index >= 15 is 0 Å². The molecule has 0 aliphatic carbocycles. The van der Waals surface area contributed by atoms with Gasteiger partial charge in [0.05, 0.1) is 12.7 Å². The van der Waals surface area contributed by atoms with Gasteiger partial charge in [0.15, 0.2) is 0 Å². The van der Waals surface area contributed by atoms with Gasteiger partial charge in [0.1, 0.15) is 6.04 Å². The molecule has 0 heterocycles. The molecule has 0 radical (unpaired) electrons. The van der Waals surface area contributed by atoms with Crippen molar-refractivity contribution in [1.82, 2.24) is 10.2 Å². The van der Waals surface area contributed by atoms with E-state index in [9.17, 15) is 9.59 Å². The Balaban J connectivity index is 4.37. The highest BCUT2D eigenvalue weighted by Crippen LogP contribution is 2.19. The first-order chi connectivity index (χ1) is 8.55. The highest BCUT2D eigenvalue weighted by atomic mass is 16.5. The van der Waals surface area contributed by atoms with Crippen LogP contribution in [0.3, 0.4) is 0 Å². The molecule has 6 nitrogen and oxygen atoms in total. The molecule has 0 bridgehead atoms. The normalized spacial score (nSPS) is 13.2. The van der Waals surface area contributed by atoms with Gasteiger partial charge in [-0.25, -0.2) is 9.59 Å². The fourth-order valence-electron chi connectivity index (χ4n) is 1.41. The third kappa shape index (κ3) is 7.00. The third-order valence-corrected chi connectivity index (χ3v) is 2.61. The molecule has 112 valence electrons. The van der Waals surface area contributed by atoms with E-state index in [2.05, 4.69) is 5.32 Å². The Kier molecular flexibility index (Phi) is 6.83. The Morgan fingerprint density at radius 1 is 1.32 bits per heavy atom. The van der Waals surface area contributed by atoms with Crippen LogP contribution < -0.4 is 5.32 Å². The van der Waals surface area contributed by atoms with Gasteiger partial charge in [-0.2, -0.15) is 0 Å². The minimum absolute atomic E-state index is 0.109. The predicted molar refractivity (Wildman–Crippen MR) is 73.1 cm³/mol. The van der Waals surface area contributed by atoms with Crippen molar-refractivity contribution in [2.75, 3.05) is 20.2 Å². The molecule has 6 heteroatoms. The van der Waals surface area contributed by atoms with Crippen LogP contribution >= 0.6 is 0 Å². The van der Waals surface area contributed by atoms with E-state index in [1.54, 1.807) is 27.8 Å². The number of carboxylic acids is 1. The van der Waals surface area contributed by atoms with Crippen LogP contribution in [-0.2, 0) is 9.53 Å². The van der Waals surface area contributed by atoms with Crippen molar-refractivity contribution in [3.8, 4) is 0 Å². The van der Waals surface area contributed by atoms with Crippen molar-refractivity contribution in [2.45, 2.75) is 46.8 Å². The second-order valence-corrected chi connectivity index (χ2v) is 5.93. The highest BCUT2D eigenvalue weighted by molar-refractivity contribution is 5.83. The fourth-order valence-corrected chi connectivity index (χ4v) is 1.41. The van der Waals surface area contributed by atoms with Gasteiger partial charge in [-0.15, -0.1) is 0 Å². The maximum Gasteiger partial charge on any atom is 0.326 e. The summed E-state index contributed by atoms with van der Waals surface area (Å²) in [5.41, 5.74) is -0.545. The number of carboxylic acid groups (broad SMARTS) is 1. The molecule has 0 spiro atoms. The lowest BCUT2D eigenvalue weighted by Crippen LogP contribution is -2.53. The third-order valence-electron chi connectivity index (χ3n) is 2.61. The second-order valence-electron chi connectivity index (χ2n) is 5.93. The number of rotatable bonds is 6. The molecule has 0 aromatic rings. The van der Waals surface area contributed by atoms with E-state index in [-0.39, 0.29) is 6.10 Å². The Labute approximate surface area is 115 Å². The number of urea groups is 1. The maximum atomic E-state index is 11.9. The van der Waals surface area contributed by atoms with Crippen molar-refractivity contribution >= 4 is 12.0 Å². The number of nitrogens with one attached hydrogen (secondary N) is 1. The first-order valence-corrected chi connectivity index (χ1v) is 6.41. The number of carbonyl (C=O) groups is 2. The topological polar surface area (TPSA) is 78.9 Å². The quantitative estimate of drug-likeness (QED) is 0.770. The largest absolute Gasteiger partial charge is 0.480 e. The molecule has 0 aromatic heterocycles. The Bertz CT molecular complexity index is 310. The highest BCUT2D eigenvalue weighted by Gasteiger charge is 2.33. The van der Waals surface area contributed by atoms with Crippen molar-refractivity contribution in [1.29, 1.82) is 0 Å². The van der Waals surface area contributed by atoms with Crippen LogP contribution in [0, 0.1) is 5.41 Å². The Morgan fingerprint density at radius 3 is 2.21 bits per heavy atom. The molecule has 0 saturated carbocycles. The fraction of sp³-hybridized carbons (Fsp3) is 0.846. The number of hydrogen-bond acceptors (Lipinski definition) is 3. The van der Waals surface area contributed by atoms with Crippen molar-refractivity contribution < 1.29 is 19.4 Å². The van der Waals surface area contributed by atoms with E-state index in [0.29, 0.717) is 13.2 Å². The van der Waals surface area contributed by atoms with Gasteiger partial charge in [0.25, 0.3) is 0 Å². The molecule has 2 amide bonds. The molecule has 0 fully saturated rings. The van der Waals surface area contributed by atoms with Crippen molar-refractivity contribution in [3.05, 3.63) is 0 Å². The van der Waals surface area contributed by atoms with Crippen LogP contribution in [0.2, 0.25) is 0 Å². The Morgan fingerprint density at radius 2 is 1.84 bits per heavy atom. The standard InChI is InChI=1S/C13H26N2O4/c1-9(2)19-8-7-15(6)12(18)14-10(11(16)17)13(3,4)5/h9-10H,7-8H2,1-6H3,(H,14,18)(H,16,17)/t10-/m0/s1. The van der Waals surface area contributed by atoms with Crippen LogP contribution in [0.4, 0.5) is 4.79 Å². The molecule has 0 saturated heterocycles. The zero-order valence-electron chi connectivity index (χ0n) is 12.7. The van der Waals surface area contributed by atoms with Crippen LogP contribution in [0.1, 0.15) is 34.6 Å². The lowest BCUT2D eigenvalue weighted by molar-refractivity contribution is -0.142. The smallest absolute Gasteiger partial charge is 0.326 e. The van der Waals surface area contributed by atoms with Gasteiger partial charge in [0.2, 0.25) is 0 Å². The first-order valence-electron chi connectivity index (χ1n) is 6.41. The average molecular weight is 274 g/mol. The summed E-state index contributed by atoms with van der Waals surface area (Å²) in [4.78, 5) is 24.4. The summed E-state index contributed by atoms with van der Waals surface area (Å²) in [6.07, 6.45) is 0.109. The molecule has 2 N–H and O–H groups in total. The SMILES string of the molecule is CC(C)OCCN(C)C(=O)N[C@@H](C(=O)O)C(C)(C)C. The number of carbonyl (C=O) groups excluding carboxylic acids is 1. The van der Waals surface area contributed by atoms with Crippen LogP contribution in [0.25, 0.3) is 0 Å². The molecular formula is C13H26N2O4. The number of nitrogens with zero attached hydrogens (tertiary/aromatic N) is 1. The van der Waals surface area contributed by atoms with E-state index in [1.807, 2.05) is 13.8 Å². The van der Waals surface area contributed by atoms with Gasteiger partial charge in [-0.3, -0.25) is 0 Å². The van der Waals surface area contributed by atoms with Crippen LogP contribution in [0.15, 0.2) is 0 Å². The van der Waals surface area contributed by atoms with E-state index in [1.165, 1.54) is 4.90 Å². The van der Waals surface area contributed by atoms with Gasteiger partial charge >= 0.3 is 12.0 Å². The summed E-state index contributed by atoms with van der Waals surface area (Å²) in [5, 5.41) is 11.7. The molecule has 0 aliphatic heterocycles. The zero-order valence-corrected chi connectivity index (χ0v) is 12.7. The van der Waals surface area contributed by atoms with Crippen LogP contribution in [-0.4, -0.2) is 54.4 Å². The number of ether oxygens (including phenoxy) is 1. The van der Waals surface area contributed by atoms with E-state index in [4.69, 9.17) is 9.84 Å². The van der Waals surface area contributed by atoms with E-state index in [0.717, 1.165) is 0 Å². The summed E-state index contributed by atoms with van der Waals surface area (Å²) in [6.45, 7) is 9.99. The van der Waals surface area contributed by atoms with Gasteiger partial charge in [-0.05, 0) is 19.3 Å². The lowest BCUT2D eigenvalue weighted by Gasteiger charge is -2.29. The van der Waals surface area contributed by atoms with Gasteiger partial charge in [0, 0.05) is 13.6 Å². The molecule has 0 aliphatic rings. The van der Waals surface area contributed by atoms with Gasteiger partial charge in [-0.1, -0.05) is 20.8 Å². The molecule has 19 heavy (non-hydrogen) atoms. The summed E-state index contributed by atoms with van der Waals surface area (Å²) < 4.78 is 5.34. The average Bonchev–Trinajstić information content (AvgIpc) is 2.22. The van der Waals surface area contributed by atoms with Crippen molar-refractivity contribution in [2.24, 2.45) is 5.41 Å². The minimum Gasteiger partial charge on any atom is -0.480 e. The predicted octanol–water partition coefficient (Wildman–Crippen LogP) is 1.55. The monoisotopic (exact) mass is 274 g/mol. The van der Waals surface area contributed by atoms with Crippen molar-refractivity contribution in [3.63, 3.8) is 0 Å². The zero-order chi connectivity index (χ0) is 15.2. The number of likely N-dealkylation sites (N-methyl/N-ethyl adjacent to an activating group) is 1. The van der Waals surface area contributed by atoms with Crippen LogP contribution in [0.5, 0.6) is 0 Å². The molecular weight excluding hydrogens is 248 g/mol.